The molecule has 3 heterocycles. The number of pyridine rings is 1. The van der Waals surface area contributed by atoms with Crippen molar-refractivity contribution in [3.8, 4) is 0 Å². The van der Waals surface area contributed by atoms with E-state index in [0.717, 1.165) is 21.3 Å². The SMILES string of the molecule is Nc1nc2cc(Br)cnc2n1Cc1ccon1. The molecule has 0 unspecified atom stereocenters. The highest BCUT2D eigenvalue weighted by Crippen LogP contribution is 2.20. The Labute approximate surface area is 105 Å². The van der Waals surface area contributed by atoms with Crippen LogP contribution in [-0.2, 0) is 6.54 Å². The van der Waals surface area contributed by atoms with Gasteiger partial charge in [-0.25, -0.2) is 9.97 Å². The zero-order valence-corrected chi connectivity index (χ0v) is 10.3. The Morgan fingerprint density at radius 1 is 1.47 bits per heavy atom. The van der Waals surface area contributed by atoms with E-state index in [9.17, 15) is 0 Å². The summed E-state index contributed by atoms with van der Waals surface area (Å²) in [7, 11) is 0. The Hall–Kier alpha value is -1.89. The van der Waals surface area contributed by atoms with Crippen LogP contribution in [0.3, 0.4) is 0 Å². The van der Waals surface area contributed by atoms with Crippen molar-refractivity contribution in [1.82, 2.24) is 19.7 Å². The summed E-state index contributed by atoms with van der Waals surface area (Å²) in [5.74, 6) is 0.411. The highest BCUT2D eigenvalue weighted by Gasteiger charge is 2.11. The molecule has 3 aromatic rings. The number of nitrogens with zero attached hydrogens (tertiary/aromatic N) is 4. The van der Waals surface area contributed by atoms with Gasteiger partial charge in [0.1, 0.15) is 17.5 Å². The summed E-state index contributed by atoms with van der Waals surface area (Å²) in [4.78, 5) is 8.54. The summed E-state index contributed by atoms with van der Waals surface area (Å²) >= 11 is 3.35. The normalized spacial score (nSPS) is 11.1. The Morgan fingerprint density at radius 3 is 3.12 bits per heavy atom. The third-order valence-electron chi connectivity index (χ3n) is 2.39. The molecule has 0 aliphatic carbocycles. The molecular weight excluding hydrogens is 286 g/mol. The fraction of sp³-hybridized carbons (Fsp3) is 0.100. The molecule has 0 spiro atoms. The van der Waals surface area contributed by atoms with E-state index in [1.54, 1.807) is 16.8 Å². The van der Waals surface area contributed by atoms with Crippen LogP contribution in [0.15, 0.2) is 33.6 Å². The van der Waals surface area contributed by atoms with Gasteiger partial charge in [-0.05, 0) is 22.0 Å². The molecule has 0 bridgehead atoms. The van der Waals surface area contributed by atoms with Crippen LogP contribution < -0.4 is 5.73 Å². The van der Waals surface area contributed by atoms with Gasteiger partial charge in [-0.1, -0.05) is 5.16 Å². The first-order valence-electron chi connectivity index (χ1n) is 4.90. The Bertz CT molecular complexity index is 661. The summed E-state index contributed by atoms with van der Waals surface area (Å²) in [6, 6.07) is 3.65. The van der Waals surface area contributed by atoms with Gasteiger partial charge in [0.25, 0.3) is 0 Å². The van der Waals surface area contributed by atoms with E-state index >= 15 is 0 Å². The van der Waals surface area contributed by atoms with Gasteiger partial charge < -0.3 is 10.3 Å². The monoisotopic (exact) mass is 293 g/mol. The van der Waals surface area contributed by atoms with E-state index in [1.807, 2.05) is 6.07 Å². The van der Waals surface area contributed by atoms with Gasteiger partial charge in [-0.3, -0.25) is 4.57 Å². The second-order valence-corrected chi connectivity index (χ2v) is 4.46. The van der Waals surface area contributed by atoms with E-state index in [0.29, 0.717) is 12.5 Å². The van der Waals surface area contributed by atoms with Crippen LogP contribution in [-0.4, -0.2) is 19.7 Å². The van der Waals surface area contributed by atoms with E-state index in [2.05, 4.69) is 31.1 Å². The maximum atomic E-state index is 5.86. The van der Waals surface area contributed by atoms with Gasteiger partial charge >= 0.3 is 0 Å². The largest absolute Gasteiger partial charge is 0.369 e. The number of nitrogen functional groups attached to an aromatic ring is 1. The van der Waals surface area contributed by atoms with Crippen molar-refractivity contribution in [2.45, 2.75) is 6.54 Å². The average Bonchev–Trinajstić information content (AvgIpc) is 2.88. The summed E-state index contributed by atoms with van der Waals surface area (Å²) in [5, 5.41) is 3.84. The molecule has 0 aliphatic heterocycles. The predicted molar refractivity (Wildman–Crippen MR) is 65.2 cm³/mol. The first kappa shape index (κ1) is 10.3. The summed E-state index contributed by atoms with van der Waals surface area (Å²) < 4.78 is 7.44. The fourth-order valence-electron chi connectivity index (χ4n) is 1.64. The molecule has 6 nitrogen and oxygen atoms in total. The zero-order chi connectivity index (χ0) is 11.8. The molecule has 2 N–H and O–H groups in total. The van der Waals surface area contributed by atoms with Crippen LogP contribution in [0, 0.1) is 0 Å². The van der Waals surface area contributed by atoms with E-state index in [1.165, 1.54) is 6.26 Å². The van der Waals surface area contributed by atoms with Gasteiger partial charge in [0.05, 0.1) is 6.54 Å². The van der Waals surface area contributed by atoms with Crippen molar-refractivity contribution in [2.75, 3.05) is 5.73 Å². The molecule has 0 fully saturated rings. The molecule has 0 aliphatic rings. The minimum Gasteiger partial charge on any atom is -0.369 e. The lowest BCUT2D eigenvalue weighted by atomic mass is 10.4. The number of anilines is 1. The van der Waals surface area contributed by atoms with E-state index < -0.39 is 0 Å². The van der Waals surface area contributed by atoms with Crippen molar-refractivity contribution >= 4 is 33.0 Å². The molecule has 0 saturated carbocycles. The zero-order valence-electron chi connectivity index (χ0n) is 8.67. The van der Waals surface area contributed by atoms with Gasteiger partial charge in [-0.15, -0.1) is 0 Å². The van der Waals surface area contributed by atoms with Crippen molar-refractivity contribution in [3.63, 3.8) is 0 Å². The number of imidazole rings is 1. The van der Waals surface area contributed by atoms with Crippen LogP contribution >= 0.6 is 15.9 Å². The minimum atomic E-state index is 0.411. The lowest BCUT2D eigenvalue weighted by molar-refractivity contribution is 0.410. The van der Waals surface area contributed by atoms with Crippen LogP contribution in [0.5, 0.6) is 0 Å². The first-order chi connectivity index (χ1) is 8.24. The molecule has 17 heavy (non-hydrogen) atoms. The standard InChI is InChI=1S/C10H8BrN5O/c11-6-3-8-9(13-4-6)16(10(12)14-8)5-7-1-2-17-15-7/h1-4H,5H2,(H2,12,14). The van der Waals surface area contributed by atoms with Crippen molar-refractivity contribution < 1.29 is 4.52 Å². The molecule has 0 atom stereocenters. The van der Waals surface area contributed by atoms with E-state index in [-0.39, 0.29) is 0 Å². The second kappa shape index (κ2) is 3.85. The highest BCUT2D eigenvalue weighted by molar-refractivity contribution is 9.10. The molecule has 7 heteroatoms. The molecule has 0 radical (unpaired) electrons. The first-order valence-corrected chi connectivity index (χ1v) is 5.70. The van der Waals surface area contributed by atoms with Crippen LogP contribution in [0.1, 0.15) is 5.69 Å². The molecule has 0 saturated heterocycles. The van der Waals surface area contributed by atoms with Gasteiger partial charge in [0, 0.05) is 16.7 Å². The third-order valence-corrected chi connectivity index (χ3v) is 2.83. The molecule has 3 aromatic heterocycles. The second-order valence-electron chi connectivity index (χ2n) is 3.54. The number of nitrogens with two attached hydrogens (primary N) is 1. The number of hydrogen-bond acceptors (Lipinski definition) is 5. The molecule has 0 amide bonds. The predicted octanol–water partition coefficient (Wildman–Crippen LogP) is 1.81. The molecule has 0 aromatic carbocycles. The van der Waals surface area contributed by atoms with Gasteiger partial charge in [-0.2, -0.15) is 0 Å². The Balaban J connectivity index is 2.12. The van der Waals surface area contributed by atoms with E-state index in [4.69, 9.17) is 10.3 Å². The van der Waals surface area contributed by atoms with Crippen LogP contribution in [0.2, 0.25) is 0 Å². The maximum absolute atomic E-state index is 5.86. The average molecular weight is 294 g/mol. The van der Waals surface area contributed by atoms with Crippen LogP contribution in [0.4, 0.5) is 5.95 Å². The summed E-state index contributed by atoms with van der Waals surface area (Å²) in [5.41, 5.74) is 8.12. The quantitative estimate of drug-likeness (QED) is 0.779. The third kappa shape index (κ3) is 1.78. The number of halogens is 1. The maximum Gasteiger partial charge on any atom is 0.202 e. The van der Waals surface area contributed by atoms with Crippen molar-refractivity contribution in [1.29, 1.82) is 0 Å². The number of fused-ring (bicyclic) bond motifs is 1. The summed E-state index contributed by atoms with van der Waals surface area (Å²) in [6.07, 6.45) is 3.23. The topological polar surface area (TPSA) is 82.8 Å². The number of aromatic nitrogens is 4. The summed E-state index contributed by atoms with van der Waals surface area (Å²) in [6.45, 7) is 0.494. The van der Waals surface area contributed by atoms with Gasteiger partial charge in [0.2, 0.25) is 5.95 Å². The number of rotatable bonds is 2. The van der Waals surface area contributed by atoms with Crippen LogP contribution in [0.25, 0.3) is 11.2 Å². The minimum absolute atomic E-state index is 0.411. The van der Waals surface area contributed by atoms with Gasteiger partial charge in [0.15, 0.2) is 5.65 Å². The molecular formula is C10H8BrN5O. The smallest absolute Gasteiger partial charge is 0.202 e. The fourth-order valence-corrected chi connectivity index (χ4v) is 1.96. The Morgan fingerprint density at radius 2 is 2.35 bits per heavy atom. The molecule has 86 valence electrons. The number of hydrogen-bond donors (Lipinski definition) is 1. The Kier molecular flexibility index (Phi) is 2.32. The molecule has 3 rings (SSSR count). The highest BCUT2D eigenvalue weighted by atomic mass is 79.9. The lowest BCUT2D eigenvalue weighted by Crippen LogP contribution is -2.05. The van der Waals surface area contributed by atoms with Crippen molar-refractivity contribution in [2.24, 2.45) is 0 Å². The van der Waals surface area contributed by atoms with Crippen molar-refractivity contribution in [3.05, 3.63) is 34.8 Å². The lowest BCUT2D eigenvalue weighted by Gasteiger charge is -2.02.